The van der Waals surface area contributed by atoms with Crippen LogP contribution in [-0.4, -0.2) is 18.5 Å². The lowest BCUT2D eigenvalue weighted by atomic mass is 9.81. The van der Waals surface area contributed by atoms with Crippen LogP contribution in [-0.2, 0) is 4.79 Å². The molecule has 1 aliphatic rings. The van der Waals surface area contributed by atoms with Crippen LogP contribution in [0.5, 0.6) is 0 Å². The Bertz CT molecular complexity index is 464. The molecule has 0 bridgehead atoms. The lowest BCUT2D eigenvalue weighted by Crippen LogP contribution is -2.52. The highest BCUT2D eigenvalue weighted by atomic mass is 16.2. The summed E-state index contributed by atoms with van der Waals surface area (Å²) in [7, 11) is 0. The van der Waals surface area contributed by atoms with Crippen molar-refractivity contribution in [3.05, 3.63) is 35.9 Å². The van der Waals surface area contributed by atoms with E-state index in [0.29, 0.717) is 5.92 Å². The Morgan fingerprint density at radius 1 is 1.29 bits per heavy atom. The summed E-state index contributed by atoms with van der Waals surface area (Å²) in [6.07, 6.45) is 2.28. The first kappa shape index (κ1) is 16.0. The number of hydrogen-bond donors (Lipinski definition) is 2. The molecule has 116 valence electrons. The van der Waals surface area contributed by atoms with E-state index in [1.165, 1.54) is 5.56 Å². The van der Waals surface area contributed by atoms with Crippen LogP contribution in [0, 0.1) is 11.3 Å². The molecule has 3 atom stereocenters. The molecule has 1 fully saturated rings. The maximum Gasteiger partial charge on any atom is 0.237 e. The fraction of sp³-hybridized carbons (Fsp3) is 0.611. The predicted molar refractivity (Wildman–Crippen MR) is 87.0 cm³/mol. The molecule has 2 N–H and O–H groups in total. The van der Waals surface area contributed by atoms with Crippen LogP contribution >= 0.6 is 0 Å². The molecule has 1 aromatic rings. The second-order valence-corrected chi connectivity index (χ2v) is 7.27. The number of benzene rings is 1. The van der Waals surface area contributed by atoms with E-state index in [9.17, 15) is 4.79 Å². The lowest BCUT2D eigenvalue weighted by molar-refractivity contribution is -0.126. The number of nitrogens with one attached hydrogen (secondary N) is 2. The molecule has 1 heterocycles. The number of hydrogen-bond acceptors (Lipinski definition) is 2. The molecule has 0 aromatic heterocycles. The van der Waals surface area contributed by atoms with Gasteiger partial charge in [0.25, 0.3) is 0 Å². The van der Waals surface area contributed by atoms with Crippen molar-refractivity contribution in [1.29, 1.82) is 0 Å². The zero-order chi connectivity index (χ0) is 15.5. The average Bonchev–Trinajstić information content (AvgIpc) is 2.44. The minimum atomic E-state index is -0.0627. The van der Waals surface area contributed by atoms with E-state index >= 15 is 0 Å². The molecule has 3 heteroatoms. The van der Waals surface area contributed by atoms with Gasteiger partial charge in [-0.2, -0.15) is 0 Å². The van der Waals surface area contributed by atoms with Crippen LogP contribution in [0.15, 0.2) is 30.3 Å². The van der Waals surface area contributed by atoms with E-state index in [1.54, 1.807) is 0 Å². The standard InChI is InChI=1S/C18H28N2O/c1-13-9-8-12-19-15(13)17(21)20-16(18(2,3)4)14-10-6-5-7-11-14/h5-7,10-11,13,15-16,19H,8-9,12H2,1-4H3,(H,20,21). The van der Waals surface area contributed by atoms with Gasteiger partial charge in [0.15, 0.2) is 0 Å². The highest BCUT2D eigenvalue weighted by molar-refractivity contribution is 5.82. The van der Waals surface area contributed by atoms with Gasteiger partial charge >= 0.3 is 0 Å². The fourth-order valence-electron chi connectivity index (χ4n) is 3.08. The summed E-state index contributed by atoms with van der Waals surface area (Å²) in [6, 6.07) is 10.2. The Labute approximate surface area is 128 Å². The predicted octanol–water partition coefficient (Wildman–Crippen LogP) is 3.28. The minimum absolute atomic E-state index is 0.0189. The van der Waals surface area contributed by atoms with Crippen molar-refractivity contribution in [2.75, 3.05) is 6.54 Å². The second-order valence-electron chi connectivity index (χ2n) is 7.27. The molecular weight excluding hydrogens is 260 g/mol. The molecule has 1 amide bonds. The second kappa shape index (κ2) is 6.61. The van der Waals surface area contributed by atoms with Crippen molar-refractivity contribution in [2.24, 2.45) is 11.3 Å². The smallest absolute Gasteiger partial charge is 0.237 e. The summed E-state index contributed by atoms with van der Waals surface area (Å²) in [6.45, 7) is 9.60. The maximum absolute atomic E-state index is 12.7. The molecular formula is C18H28N2O. The molecule has 1 aliphatic heterocycles. The molecule has 1 saturated heterocycles. The summed E-state index contributed by atoms with van der Waals surface area (Å²) >= 11 is 0. The van der Waals surface area contributed by atoms with Gasteiger partial charge in [-0.15, -0.1) is 0 Å². The summed E-state index contributed by atoms with van der Waals surface area (Å²) in [4.78, 5) is 12.7. The number of amides is 1. The maximum atomic E-state index is 12.7. The third kappa shape index (κ3) is 4.07. The Hall–Kier alpha value is -1.35. The van der Waals surface area contributed by atoms with Crippen LogP contribution in [0.1, 0.15) is 52.1 Å². The van der Waals surface area contributed by atoms with Crippen molar-refractivity contribution >= 4 is 5.91 Å². The van der Waals surface area contributed by atoms with Gasteiger partial charge < -0.3 is 10.6 Å². The van der Waals surface area contributed by atoms with Crippen LogP contribution < -0.4 is 10.6 Å². The highest BCUT2D eigenvalue weighted by Crippen LogP contribution is 2.33. The third-order valence-electron chi connectivity index (χ3n) is 4.34. The fourth-order valence-corrected chi connectivity index (χ4v) is 3.08. The van der Waals surface area contributed by atoms with Gasteiger partial charge in [-0.1, -0.05) is 58.0 Å². The van der Waals surface area contributed by atoms with Crippen LogP contribution in [0.4, 0.5) is 0 Å². The number of rotatable bonds is 3. The molecule has 3 unspecified atom stereocenters. The van der Waals surface area contributed by atoms with Crippen LogP contribution in [0.25, 0.3) is 0 Å². The molecule has 3 nitrogen and oxygen atoms in total. The topological polar surface area (TPSA) is 41.1 Å². The zero-order valence-electron chi connectivity index (χ0n) is 13.6. The van der Waals surface area contributed by atoms with Crippen molar-refractivity contribution in [1.82, 2.24) is 10.6 Å². The van der Waals surface area contributed by atoms with Crippen molar-refractivity contribution in [2.45, 2.75) is 52.6 Å². The highest BCUT2D eigenvalue weighted by Gasteiger charge is 2.33. The van der Waals surface area contributed by atoms with Crippen LogP contribution in [0.3, 0.4) is 0 Å². The van der Waals surface area contributed by atoms with Crippen molar-refractivity contribution < 1.29 is 4.79 Å². The lowest BCUT2D eigenvalue weighted by Gasteiger charge is -2.35. The van der Waals surface area contributed by atoms with Crippen molar-refractivity contribution in [3.63, 3.8) is 0 Å². The number of piperidine rings is 1. The van der Waals surface area contributed by atoms with Crippen LogP contribution in [0.2, 0.25) is 0 Å². The monoisotopic (exact) mass is 288 g/mol. The zero-order valence-corrected chi connectivity index (χ0v) is 13.6. The van der Waals surface area contributed by atoms with E-state index in [0.717, 1.165) is 19.4 Å². The summed E-state index contributed by atoms with van der Waals surface area (Å²) < 4.78 is 0. The third-order valence-corrected chi connectivity index (χ3v) is 4.34. The van der Waals surface area contributed by atoms with Gasteiger partial charge in [0.05, 0.1) is 12.1 Å². The quantitative estimate of drug-likeness (QED) is 0.896. The molecule has 0 radical (unpaired) electrons. The summed E-state index contributed by atoms with van der Waals surface area (Å²) in [5.74, 6) is 0.529. The first-order chi connectivity index (χ1) is 9.89. The van der Waals surface area contributed by atoms with E-state index < -0.39 is 0 Å². The number of carbonyl (C=O) groups excluding carboxylic acids is 1. The first-order valence-corrected chi connectivity index (χ1v) is 7.98. The molecule has 2 rings (SSSR count). The molecule has 1 aromatic carbocycles. The number of carbonyl (C=O) groups is 1. The Balaban J connectivity index is 2.14. The van der Waals surface area contributed by atoms with Gasteiger partial charge in [0.2, 0.25) is 5.91 Å². The van der Waals surface area contributed by atoms with Gasteiger partial charge in [0, 0.05) is 0 Å². The van der Waals surface area contributed by atoms with E-state index in [4.69, 9.17) is 0 Å². The molecule has 21 heavy (non-hydrogen) atoms. The minimum Gasteiger partial charge on any atom is -0.347 e. The first-order valence-electron chi connectivity index (χ1n) is 7.98. The molecule has 0 spiro atoms. The summed E-state index contributed by atoms with van der Waals surface area (Å²) in [5, 5.41) is 6.64. The van der Waals surface area contributed by atoms with E-state index in [2.05, 4.69) is 50.5 Å². The molecule has 0 aliphatic carbocycles. The van der Waals surface area contributed by atoms with Gasteiger partial charge in [-0.3, -0.25) is 4.79 Å². The van der Waals surface area contributed by atoms with E-state index in [-0.39, 0.29) is 23.4 Å². The van der Waals surface area contributed by atoms with Gasteiger partial charge in [-0.25, -0.2) is 0 Å². The Morgan fingerprint density at radius 2 is 1.95 bits per heavy atom. The Morgan fingerprint density at radius 3 is 2.52 bits per heavy atom. The van der Waals surface area contributed by atoms with Crippen molar-refractivity contribution in [3.8, 4) is 0 Å². The molecule has 0 saturated carbocycles. The average molecular weight is 288 g/mol. The van der Waals surface area contributed by atoms with E-state index in [1.807, 2.05) is 18.2 Å². The normalized spacial score (nSPS) is 24.4. The SMILES string of the molecule is CC1CCCNC1C(=O)NC(c1ccccc1)C(C)(C)C. The van der Waals surface area contributed by atoms with Gasteiger partial charge in [0.1, 0.15) is 0 Å². The largest absolute Gasteiger partial charge is 0.347 e. The Kier molecular flexibility index (Phi) is 5.04. The summed E-state index contributed by atoms with van der Waals surface area (Å²) in [5.41, 5.74) is 1.15. The van der Waals surface area contributed by atoms with Gasteiger partial charge in [-0.05, 0) is 36.3 Å².